The van der Waals surface area contributed by atoms with Gasteiger partial charge in [0.1, 0.15) is 0 Å². The minimum atomic E-state index is -3.22. The number of amides is 1. The van der Waals surface area contributed by atoms with Gasteiger partial charge in [0.15, 0.2) is 0 Å². The number of hydrogen-bond acceptors (Lipinski definition) is 3. The minimum absolute atomic E-state index is 0.545. The van der Waals surface area contributed by atoms with E-state index in [4.69, 9.17) is 5.53 Å². The fourth-order valence-electron chi connectivity index (χ4n) is 1.57. The van der Waals surface area contributed by atoms with E-state index in [2.05, 4.69) is 9.80 Å². The summed E-state index contributed by atoms with van der Waals surface area (Å²) in [4.78, 5) is 17.1. The van der Waals surface area contributed by atoms with Crippen LogP contribution in [0.25, 0.3) is 10.4 Å². The smallest absolute Gasteiger partial charge is 0.228 e. The molecule has 9 heteroatoms. The standard InChI is InChI=1S/C12H10N3OP.C3H7NO.C2H6OS/c13-14-15-17(16,11-7-3-1-4-8-11)12-9-5-2-6-10-12;1-4(2)3-5;1-4(2)3/h1-10H;3H,1-2H3;1-2H3. The van der Waals surface area contributed by atoms with Crippen LogP contribution in [0.2, 0.25) is 0 Å². The Kier molecular flexibility index (Phi) is 11.7. The van der Waals surface area contributed by atoms with Crippen LogP contribution < -0.4 is 10.6 Å². The van der Waals surface area contributed by atoms with Crippen molar-refractivity contribution in [3.05, 3.63) is 71.1 Å². The number of azide groups is 1. The van der Waals surface area contributed by atoms with E-state index in [0.717, 1.165) is 6.41 Å². The molecule has 0 atom stereocenters. The van der Waals surface area contributed by atoms with E-state index in [9.17, 15) is 13.6 Å². The number of carbonyl (C=O) groups is 1. The average Bonchev–Trinajstić information content (AvgIpc) is 2.63. The van der Waals surface area contributed by atoms with Crippen LogP contribution in [-0.2, 0) is 20.2 Å². The van der Waals surface area contributed by atoms with Gasteiger partial charge in [-0.05, 0) is 10.4 Å². The molecular formula is C17H23N4O3PS. The summed E-state index contributed by atoms with van der Waals surface area (Å²) in [5.74, 6) is 0. The largest absolute Gasteiger partial charge is 0.351 e. The number of rotatable bonds is 4. The molecule has 140 valence electrons. The summed E-state index contributed by atoms with van der Waals surface area (Å²) in [5, 5.41) is 1.09. The number of nitrogens with zero attached hydrogens (tertiary/aromatic N) is 4. The Morgan fingerprint density at radius 2 is 1.31 bits per heavy atom. The van der Waals surface area contributed by atoms with E-state index < -0.39 is 18.1 Å². The zero-order chi connectivity index (χ0) is 20.0. The normalized spacial score (nSPS) is 9.58. The Morgan fingerprint density at radius 3 is 1.54 bits per heavy atom. The van der Waals surface area contributed by atoms with Crippen LogP contribution in [0.1, 0.15) is 0 Å². The predicted octanol–water partition coefficient (Wildman–Crippen LogP) is 2.92. The second kappa shape index (κ2) is 12.9. The minimum Gasteiger partial charge on any atom is -0.351 e. The van der Waals surface area contributed by atoms with Gasteiger partial charge >= 0.3 is 0 Å². The lowest BCUT2D eigenvalue weighted by Gasteiger charge is -2.12. The maximum Gasteiger partial charge on any atom is 0.228 e. The SMILES string of the molecule is CN(C)C=O.CS(C)=O.[N-]=[N+]=NP(=O)(c1ccccc1)c1ccccc1. The Balaban J connectivity index is 0.000000582. The molecule has 2 aromatic rings. The molecule has 0 fully saturated rings. The molecule has 0 heterocycles. The van der Waals surface area contributed by atoms with E-state index in [-0.39, 0.29) is 0 Å². The molecule has 26 heavy (non-hydrogen) atoms. The Labute approximate surface area is 156 Å². The first kappa shape index (κ1) is 23.6. The first-order valence-electron chi connectivity index (χ1n) is 7.42. The topological polar surface area (TPSA) is 103 Å². The summed E-state index contributed by atoms with van der Waals surface area (Å²) >= 11 is 0. The fourth-order valence-corrected chi connectivity index (χ4v) is 3.34. The summed E-state index contributed by atoms with van der Waals surface area (Å²) in [7, 11) is -0.452. The van der Waals surface area contributed by atoms with Gasteiger partial charge < -0.3 is 9.46 Å². The van der Waals surface area contributed by atoms with Crippen molar-refractivity contribution in [3.63, 3.8) is 0 Å². The first-order valence-corrected chi connectivity index (χ1v) is 11.0. The third-order valence-electron chi connectivity index (χ3n) is 2.59. The monoisotopic (exact) mass is 394 g/mol. The molecular weight excluding hydrogens is 371 g/mol. The summed E-state index contributed by atoms with van der Waals surface area (Å²) in [6.07, 6.45) is 4.03. The molecule has 0 N–H and O–H groups in total. The average molecular weight is 394 g/mol. The highest BCUT2D eigenvalue weighted by atomic mass is 32.2. The maximum absolute atomic E-state index is 12.8. The number of hydrogen-bond donors (Lipinski definition) is 0. The highest BCUT2D eigenvalue weighted by molar-refractivity contribution is 7.83. The van der Waals surface area contributed by atoms with Gasteiger partial charge in [0, 0.05) is 52.9 Å². The molecule has 1 amide bonds. The van der Waals surface area contributed by atoms with Gasteiger partial charge in [-0.2, -0.15) is 0 Å². The van der Waals surface area contributed by atoms with Gasteiger partial charge in [-0.3, -0.25) is 9.00 Å². The zero-order valence-electron chi connectivity index (χ0n) is 15.2. The molecule has 2 rings (SSSR count). The molecule has 0 aliphatic heterocycles. The van der Waals surface area contributed by atoms with E-state index >= 15 is 0 Å². The van der Waals surface area contributed by atoms with Crippen LogP contribution in [0, 0.1) is 0 Å². The molecule has 7 nitrogen and oxygen atoms in total. The molecule has 0 aliphatic carbocycles. The summed E-state index contributed by atoms with van der Waals surface area (Å²) in [6, 6.07) is 17.6. The Hall–Kier alpha value is -2.40. The summed E-state index contributed by atoms with van der Waals surface area (Å²) < 4.78 is 22.4. The molecule has 0 unspecified atom stereocenters. The lowest BCUT2D eigenvalue weighted by Crippen LogP contribution is -2.13. The van der Waals surface area contributed by atoms with Gasteiger partial charge in [0.2, 0.25) is 13.7 Å². The lowest BCUT2D eigenvalue weighted by atomic mass is 10.4. The highest BCUT2D eigenvalue weighted by Gasteiger charge is 2.25. The molecule has 0 radical (unpaired) electrons. The van der Waals surface area contributed by atoms with Crippen molar-refractivity contribution in [3.8, 4) is 0 Å². The van der Waals surface area contributed by atoms with Crippen molar-refractivity contribution in [2.45, 2.75) is 0 Å². The van der Waals surface area contributed by atoms with E-state index in [0.29, 0.717) is 10.6 Å². The van der Waals surface area contributed by atoms with Gasteiger partial charge in [-0.25, -0.2) is 0 Å². The number of benzene rings is 2. The van der Waals surface area contributed by atoms with Crippen LogP contribution in [0.3, 0.4) is 0 Å². The van der Waals surface area contributed by atoms with Gasteiger partial charge in [0.25, 0.3) is 0 Å². The van der Waals surface area contributed by atoms with E-state index in [1.165, 1.54) is 4.90 Å². The van der Waals surface area contributed by atoms with Crippen LogP contribution in [0.4, 0.5) is 0 Å². The molecule has 0 spiro atoms. The molecule has 0 aromatic heterocycles. The van der Waals surface area contributed by atoms with Crippen LogP contribution in [-0.4, -0.2) is 42.1 Å². The van der Waals surface area contributed by atoms with Crippen molar-refractivity contribution in [1.82, 2.24) is 4.90 Å². The second-order valence-corrected chi connectivity index (χ2v) is 9.08. The second-order valence-electron chi connectivity index (χ2n) is 5.24. The zero-order valence-corrected chi connectivity index (χ0v) is 16.9. The van der Waals surface area contributed by atoms with Gasteiger partial charge in [-0.15, -0.1) is 0 Å². The lowest BCUT2D eigenvalue weighted by molar-refractivity contribution is -0.115. The first-order chi connectivity index (χ1) is 12.3. The fraction of sp³-hybridized carbons (Fsp3) is 0.235. The van der Waals surface area contributed by atoms with Gasteiger partial charge in [-0.1, -0.05) is 60.7 Å². The molecule has 2 aromatic carbocycles. The Bertz CT molecular complexity index is 732. The van der Waals surface area contributed by atoms with E-state index in [1.54, 1.807) is 75.1 Å². The number of carbonyl (C=O) groups excluding carboxylic acids is 1. The van der Waals surface area contributed by atoms with Crippen molar-refractivity contribution in [2.75, 3.05) is 26.6 Å². The van der Waals surface area contributed by atoms with Crippen LogP contribution in [0.5, 0.6) is 0 Å². The summed E-state index contributed by atoms with van der Waals surface area (Å²) in [6.45, 7) is 0. The highest BCUT2D eigenvalue weighted by Crippen LogP contribution is 2.44. The molecule has 0 aliphatic rings. The van der Waals surface area contributed by atoms with Crippen molar-refractivity contribution >= 4 is 35.1 Å². The quantitative estimate of drug-likeness (QED) is 0.262. The molecule has 0 saturated heterocycles. The van der Waals surface area contributed by atoms with Gasteiger partial charge in [0.05, 0.1) is 0 Å². The third kappa shape index (κ3) is 9.18. The Morgan fingerprint density at radius 1 is 1.00 bits per heavy atom. The van der Waals surface area contributed by atoms with Crippen LogP contribution in [0.15, 0.2) is 65.5 Å². The van der Waals surface area contributed by atoms with Crippen LogP contribution >= 0.6 is 7.29 Å². The van der Waals surface area contributed by atoms with Crippen molar-refractivity contribution < 1.29 is 13.6 Å². The maximum atomic E-state index is 12.8. The predicted molar refractivity (Wildman–Crippen MR) is 109 cm³/mol. The molecule has 0 bridgehead atoms. The van der Waals surface area contributed by atoms with E-state index in [1.807, 2.05) is 12.1 Å². The van der Waals surface area contributed by atoms with Crippen molar-refractivity contribution in [2.24, 2.45) is 4.88 Å². The summed E-state index contributed by atoms with van der Waals surface area (Å²) in [5.41, 5.74) is 8.61. The third-order valence-corrected chi connectivity index (χ3v) is 4.92. The van der Waals surface area contributed by atoms with Crippen molar-refractivity contribution in [1.29, 1.82) is 0 Å². The molecule has 0 saturated carbocycles.